The first-order valence-electron chi connectivity index (χ1n) is 8.52. The number of fused-ring (bicyclic) bond motifs is 1. The van der Waals surface area contributed by atoms with Gasteiger partial charge in [0.25, 0.3) is 0 Å². The van der Waals surface area contributed by atoms with Crippen LogP contribution in [-0.2, 0) is 9.59 Å². The molecule has 0 aromatic heterocycles. The summed E-state index contributed by atoms with van der Waals surface area (Å²) in [7, 11) is 0. The van der Waals surface area contributed by atoms with Crippen molar-refractivity contribution < 1.29 is 27.5 Å². The van der Waals surface area contributed by atoms with Crippen molar-refractivity contribution in [3.8, 4) is 5.75 Å². The number of anilines is 1. The average molecular weight is 371 g/mol. The highest BCUT2D eigenvalue weighted by Crippen LogP contribution is 2.25. The molecule has 142 valence electrons. The van der Waals surface area contributed by atoms with E-state index in [1.807, 2.05) is 0 Å². The van der Waals surface area contributed by atoms with Crippen LogP contribution in [0.2, 0.25) is 0 Å². The lowest BCUT2D eigenvalue weighted by atomic mass is 9.87. The molecule has 0 radical (unpaired) electrons. The molecule has 1 aliphatic heterocycles. The molecule has 2 fully saturated rings. The van der Waals surface area contributed by atoms with Gasteiger partial charge in [0.15, 0.2) is 0 Å². The molecule has 2 amide bonds. The molecule has 1 aromatic rings. The molecule has 3 rings (SSSR count). The van der Waals surface area contributed by atoms with E-state index in [1.165, 1.54) is 12.1 Å². The molecular weight excluding hydrogens is 351 g/mol. The monoisotopic (exact) mass is 371 g/mol. The maximum Gasteiger partial charge on any atom is 0.573 e. The van der Waals surface area contributed by atoms with Crippen molar-refractivity contribution in [3.05, 3.63) is 24.3 Å². The Balaban J connectivity index is 1.57. The van der Waals surface area contributed by atoms with E-state index >= 15 is 0 Å². The first-order chi connectivity index (χ1) is 12.3. The highest BCUT2D eigenvalue weighted by Gasteiger charge is 2.37. The lowest BCUT2D eigenvalue weighted by molar-refractivity contribution is -0.274. The fourth-order valence-electron chi connectivity index (χ4n) is 3.44. The Hall–Kier alpha value is -2.29. The zero-order valence-corrected chi connectivity index (χ0v) is 13.9. The van der Waals surface area contributed by atoms with E-state index in [2.05, 4.69) is 20.7 Å². The molecule has 9 heteroatoms. The van der Waals surface area contributed by atoms with Gasteiger partial charge in [-0.3, -0.25) is 9.59 Å². The number of halogens is 3. The average Bonchev–Trinajstić information content (AvgIpc) is 2.54. The SMILES string of the molecule is O=C(C[C@H]1N[C@@H]2CCCC[C@@H]2NC1=O)Nc1cccc(OC(F)(F)F)c1. The summed E-state index contributed by atoms with van der Waals surface area (Å²) in [5.74, 6) is -1.11. The standard InChI is InChI=1S/C17H20F3N3O3/c18-17(19,20)26-11-5-3-4-10(8-11)21-15(24)9-14-16(25)23-13-7-2-1-6-12(13)22-14/h3-5,8,12-14,22H,1-2,6-7,9H2,(H,21,24)(H,23,25)/t12-,13+,14-/m1/s1. The first kappa shape index (κ1) is 18.5. The molecule has 3 atom stereocenters. The number of benzene rings is 1. The van der Waals surface area contributed by atoms with Gasteiger partial charge in [0.05, 0.1) is 12.5 Å². The normalized spacial score (nSPS) is 25.8. The zero-order valence-electron chi connectivity index (χ0n) is 13.9. The molecule has 1 heterocycles. The van der Waals surface area contributed by atoms with Gasteiger partial charge in [-0.1, -0.05) is 18.9 Å². The summed E-state index contributed by atoms with van der Waals surface area (Å²) in [6.07, 6.45) is -0.879. The number of nitrogens with one attached hydrogen (secondary N) is 3. The molecule has 1 saturated carbocycles. The zero-order chi connectivity index (χ0) is 18.7. The van der Waals surface area contributed by atoms with Gasteiger partial charge < -0.3 is 20.7 Å². The summed E-state index contributed by atoms with van der Waals surface area (Å²) in [6, 6.07) is 4.62. The minimum atomic E-state index is -4.80. The van der Waals surface area contributed by atoms with Crippen LogP contribution >= 0.6 is 0 Å². The van der Waals surface area contributed by atoms with Gasteiger partial charge in [0, 0.05) is 23.8 Å². The number of amides is 2. The Kier molecular flexibility index (Phi) is 5.36. The Morgan fingerprint density at radius 2 is 1.96 bits per heavy atom. The molecule has 1 aliphatic carbocycles. The summed E-state index contributed by atoms with van der Waals surface area (Å²) in [5, 5.41) is 8.67. The van der Waals surface area contributed by atoms with E-state index in [1.54, 1.807) is 0 Å². The van der Waals surface area contributed by atoms with Gasteiger partial charge in [-0.15, -0.1) is 13.2 Å². The third-order valence-electron chi connectivity index (χ3n) is 4.57. The Bertz CT molecular complexity index is 681. The van der Waals surface area contributed by atoms with E-state index in [0.29, 0.717) is 0 Å². The van der Waals surface area contributed by atoms with Crippen LogP contribution in [0.25, 0.3) is 0 Å². The van der Waals surface area contributed by atoms with Crippen LogP contribution in [0.15, 0.2) is 24.3 Å². The van der Waals surface area contributed by atoms with Crippen LogP contribution in [-0.4, -0.2) is 36.3 Å². The number of carbonyl (C=O) groups excluding carboxylic acids is 2. The predicted molar refractivity (Wildman–Crippen MR) is 87.5 cm³/mol. The van der Waals surface area contributed by atoms with Crippen molar-refractivity contribution >= 4 is 17.5 Å². The number of alkyl halides is 3. The third kappa shape index (κ3) is 4.87. The summed E-state index contributed by atoms with van der Waals surface area (Å²) in [5.41, 5.74) is 0.170. The minimum absolute atomic E-state index is 0.0978. The number of hydrogen-bond acceptors (Lipinski definition) is 4. The maximum atomic E-state index is 12.3. The molecule has 1 saturated heterocycles. The number of carbonyl (C=O) groups is 2. The van der Waals surface area contributed by atoms with Gasteiger partial charge in [-0.25, -0.2) is 0 Å². The minimum Gasteiger partial charge on any atom is -0.406 e. The molecule has 3 N–H and O–H groups in total. The smallest absolute Gasteiger partial charge is 0.406 e. The maximum absolute atomic E-state index is 12.3. The van der Waals surface area contributed by atoms with Crippen molar-refractivity contribution in [2.24, 2.45) is 0 Å². The van der Waals surface area contributed by atoms with Gasteiger partial charge in [-0.05, 0) is 25.0 Å². The van der Waals surface area contributed by atoms with E-state index in [4.69, 9.17) is 0 Å². The second-order valence-corrected chi connectivity index (χ2v) is 6.55. The number of ether oxygens (including phenoxy) is 1. The summed E-state index contributed by atoms with van der Waals surface area (Å²) < 4.78 is 40.6. The van der Waals surface area contributed by atoms with Crippen LogP contribution in [0.1, 0.15) is 32.1 Å². The Morgan fingerprint density at radius 1 is 1.23 bits per heavy atom. The number of rotatable bonds is 4. The summed E-state index contributed by atoms with van der Waals surface area (Å²) in [6.45, 7) is 0. The van der Waals surface area contributed by atoms with Gasteiger partial charge in [-0.2, -0.15) is 0 Å². The summed E-state index contributed by atoms with van der Waals surface area (Å²) >= 11 is 0. The molecule has 6 nitrogen and oxygen atoms in total. The van der Waals surface area contributed by atoms with Crippen LogP contribution in [0, 0.1) is 0 Å². The fourth-order valence-corrected chi connectivity index (χ4v) is 3.44. The van der Waals surface area contributed by atoms with Crippen LogP contribution in [0.4, 0.5) is 18.9 Å². The number of hydrogen-bond donors (Lipinski definition) is 3. The molecule has 2 aliphatic rings. The van der Waals surface area contributed by atoms with Crippen LogP contribution in [0.3, 0.4) is 0 Å². The van der Waals surface area contributed by atoms with Crippen molar-refractivity contribution in [2.75, 3.05) is 5.32 Å². The predicted octanol–water partition coefficient (Wildman–Crippen LogP) is 2.31. The molecule has 1 aromatic carbocycles. The Morgan fingerprint density at radius 3 is 2.69 bits per heavy atom. The quantitative estimate of drug-likeness (QED) is 0.759. The van der Waals surface area contributed by atoms with Crippen molar-refractivity contribution in [1.82, 2.24) is 10.6 Å². The van der Waals surface area contributed by atoms with E-state index in [0.717, 1.165) is 37.8 Å². The fraction of sp³-hybridized carbons (Fsp3) is 0.529. The second kappa shape index (κ2) is 7.53. The number of piperazine rings is 1. The molecular formula is C17H20F3N3O3. The van der Waals surface area contributed by atoms with Crippen LogP contribution in [0.5, 0.6) is 5.75 Å². The van der Waals surface area contributed by atoms with Crippen molar-refractivity contribution in [3.63, 3.8) is 0 Å². The molecule has 0 bridgehead atoms. The van der Waals surface area contributed by atoms with Gasteiger partial charge >= 0.3 is 6.36 Å². The lowest BCUT2D eigenvalue weighted by Crippen LogP contribution is -2.65. The van der Waals surface area contributed by atoms with E-state index in [9.17, 15) is 22.8 Å². The highest BCUT2D eigenvalue weighted by atomic mass is 19.4. The largest absolute Gasteiger partial charge is 0.573 e. The second-order valence-electron chi connectivity index (χ2n) is 6.55. The summed E-state index contributed by atoms with van der Waals surface area (Å²) in [4.78, 5) is 24.3. The van der Waals surface area contributed by atoms with E-state index in [-0.39, 0.29) is 30.1 Å². The van der Waals surface area contributed by atoms with E-state index < -0.39 is 24.1 Å². The molecule has 26 heavy (non-hydrogen) atoms. The molecule has 0 unspecified atom stereocenters. The lowest BCUT2D eigenvalue weighted by Gasteiger charge is -2.40. The topological polar surface area (TPSA) is 79.5 Å². The van der Waals surface area contributed by atoms with Gasteiger partial charge in [0.1, 0.15) is 5.75 Å². The van der Waals surface area contributed by atoms with Crippen molar-refractivity contribution in [2.45, 2.75) is 56.6 Å². The van der Waals surface area contributed by atoms with Crippen LogP contribution < -0.4 is 20.7 Å². The highest BCUT2D eigenvalue weighted by molar-refractivity contribution is 5.95. The molecule has 0 spiro atoms. The van der Waals surface area contributed by atoms with Crippen molar-refractivity contribution in [1.29, 1.82) is 0 Å². The Labute approximate surface area is 148 Å². The first-order valence-corrected chi connectivity index (χ1v) is 8.52. The third-order valence-corrected chi connectivity index (χ3v) is 4.57. The van der Waals surface area contributed by atoms with Gasteiger partial charge in [0.2, 0.25) is 11.8 Å².